The lowest BCUT2D eigenvalue weighted by atomic mass is 10.0. The van der Waals surface area contributed by atoms with Crippen LogP contribution in [0.4, 0.5) is 0 Å². The molecular weight excluding hydrogens is 258 g/mol. The number of aliphatic hydroxyl groups excluding tert-OH is 2. The van der Waals surface area contributed by atoms with Crippen LogP contribution in [0.3, 0.4) is 0 Å². The van der Waals surface area contributed by atoms with Gasteiger partial charge in [0.1, 0.15) is 6.04 Å². The van der Waals surface area contributed by atoms with Crippen molar-refractivity contribution in [2.45, 2.75) is 39.3 Å². The molecule has 0 saturated carbocycles. The Labute approximate surface area is 119 Å². The summed E-state index contributed by atoms with van der Waals surface area (Å²) in [5.74, 6) is -0.833. The standard InChI is InChI=1S/C13H19NO2.C2H4O2/c1-4-13(12-8-6-5-7-9-12)14(10(2)15)11(3)16;1-2(3)4/h4-11,13,15-16H,1H2,2-3H3;1H3,(H,3,4)/p+1. The van der Waals surface area contributed by atoms with Crippen molar-refractivity contribution >= 4 is 5.97 Å². The average molecular weight is 282 g/mol. The van der Waals surface area contributed by atoms with Gasteiger partial charge >= 0.3 is 0 Å². The van der Waals surface area contributed by atoms with Crippen LogP contribution < -0.4 is 4.90 Å². The molecule has 0 spiro atoms. The fraction of sp³-hybridized carbons (Fsp3) is 0.400. The lowest BCUT2D eigenvalue weighted by molar-refractivity contribution is -1.01. The van der Waals surface area contributed by atoms with E-state index in [1.807, 2.05) is 30.3 Å². The minimum Gasteiger partial charge on any atom is -0.481 e. The van der Waals surface area contributed by atoms with Crippen molar-refractivity contribution in [3.05, 3.63) is 48.6 Å². The molecule has 0 aliphatic heterocycles. The molecule has 1 aromatic carbocycles. The molecule has 0 aromatic heterocycles. The van der Waals surface area contributed by atoms with Crippen molar-refractivity contribution < 1.29 is 25.0 Å². The summed E-state index contributed by atoms with van der Waals surface area (Å²) in [7, 11) is 0. The normalized spacial score (nSPS) is 16.1. The van der Waals surface area contributed by atoms with Crippen LogP contribution in [-0.4, -0.2) is 33.7 Å². The van der Waals surface area contributed by atoms with Crippen LogP contribution in [0.25, 0.3) is 0 Å². The van der Waals surface area contributed by atoms with E-state index in [-0.39, 0.29) is 6.04 Å². The Hall–Kier alpha value is -1.69. The Kier molecular flexibility index (Phi) is 8.47. The van der Waals surface area contributed by atoms with Gasteiger partial charge in [-0.2, -0.15) is 0 Å². The number of aliphatic hydroxyl groups is 2. The first kappa shape index (κ1) is 18.3. The number of aliphatic carboxylic acids is 1. The number of carbonyl (C=O) groups is 1. The van der Waals surface area contributed by atoms with Crippen molar-refractivity contribution in [2.24, 2.45) is 0 Å². The molecule has 3 atom stereocenters. The minimum atomic E-state index is -0.833. The molecule has 5 nitrogen and oxygen atoms in total. The molecule has 0 aliphatic carbocycles. The monoisotopic (exact) mass is 282 g/mol. The van der Waals surface area contributed by atoms with E-state index in [4.69, 9.17) is 9.90 Å². The molecule has 0 amide bonds. The summed E-state index contributed by atoms with van der Waals surface area (Å²) < 4.78 is 0. The first-order valence-electron chi connectivity index (χ1n) is 6.41. The molecule has 0 fully saturated rings. The van der Waals surface area contributed by atoms with Gasteiger partial charge in [-0.15, -0.1) is 0 Å². The topological polar surface area (TPSA) is 82.2 Å². The fourth-order valence-corrected chi connectivity index (χ4v) is 1.99. The predicted octanol–water partition coefficient (Wildman–Crippen LogP) is 0.566. The van der Waals surface area contributed by atoms with Gasteiger partial charge in [0.15, 0.2) is 12.5 Å². The first-order chi connectivity index (χ1) is 9.31. The van der Waals surface area contributed by atoms with Gasteiger partial charge in [0.2, 0.25) is 0 Å². The third-order valence-electron chi connectivity index (χ3n) is 2.72. The van der Waals surface area contributed by atoms with E-state index in [1.54, 1.807) is 19.9 Å². The Balaban J connectivity index is 0.000000796. The molecule has 0 aliphatic rings. The van der Waals surface area contributed by atoms with Crippen LogP contribution in [0, 0.1) is 0 Å². The van der Waals surface area contributed by atoms with Crippen LogP contribution in [0.1, 0.15) is 32.4 Å². The lowest BCUT2D eigenvalue weighted by Crippen LogP contribution is -3.18. The molecule has 0 radical (unpaired) electrons. The molecule has 0 heterocycles. The summed E-state index contributed by atoms with van der Waals surface area (Å²) in [6.07, 6.45) is 0.454. The van der Waals surface area contributed by atoms with Crippen LogP contribution in [0.5, 0.6) is 0 Å². The minimum absolute atomic E-state index is 0.110. The summed E-state index contributed by atoms with van der Waals surface area (Å²) >= 11 is 0. The number of rotatable bonds is 5. The highest BCUT2D eigenvalue weighted by atomic mass is 16.4. The quantitative estimate of drug-likeness (QED) is 0.470. The van der Waals surface area contributed by atoms with E-state index >= 15 is 0 Å². The Morgan fingerprint density at radius 3 is 1.90 bits per heavy atom. The van der Waals surface area contributed by atoms with Gasteiger partial charge in [0.25, 0.3) is 5.97 Å². The van der Waals surface area contributed by atoms with E-state index in [0.717, 1.165) is 12.5 Å². The van der Waals surface area contributed by atoms with E-state index in [1.165, 1.54) is 0 Å². The molecule has 5 heteroatoms. The zero-order valence-electron chi connectivity index (χ0n) is 12.2. The van der Waals surface area contributed by atoms with Crippen molar-refractivity contribution in [3.8, 4) is 0 Å². The number of carboxylic acids is 1. The molecule has 1 rings (SSSR count). The summed E-state index contributed by atoms with van der Waals surface area (Å²) in [6, 6.07) is 9.64. The fourth-order valence-electron chi connectivity index (χ4n) is 1.99. The van der Waals surface area contributed by atoms with Crippen molar-refractivity contribution in [3.63, 3.8) is 0 Å². The number of benzene rings is 1. The second-order valence-electron chi connectivity index (χ2n) is 4.50. The number of nitrogens with one attached hydrogen (secondary N) is 1. The van der Waals surface area contributed by atoms with Crippen molar-refractivity contribution in [1.82, 2.24) is 0 Å². The number of hydrogen-bond acceptors (Lipinski definition) is 3. The van der Waals surface area contributed by atoms with E-state index in [2.05, 4.69) is 6.58 Å². The second-order valence-corrected chi connectivity index (χ2v) is 4.50. The zero-order chi connectivity index (χ0) is 15.7. The Bertz CT molecular complexity index is 392. The van der Waals surface area contributed by atoms with Crippen LogP contribution in [0.2, 0.25) is 0 Å². The van der Waals surface area contributed by atoms with Crippen molar-refractivity contribution in [1.29, 1.82) is 0 Å². The first-order valence-corrected chi connectivity index (χ1v) is 6.41. The summed E-state index contributed by atoms with van der Waals surface area (Å²) in [5.41, 5.74) is 1.04. The maximum atomic E-state index is 9.70. The largest absolute Gasteiger partial charge is 0.481 e. The van der Waals surface area contributed by atoms with Crippen LogP contribution in [0.15, 0.2) is 43.0 Å². The summed E-state index contributed by atoms with van der Waals surface area (Å²) in [6.45, 7) is 8.20. The van der Waals surface area contributed by atoms with Gasteiger partial charge < -0.3 is 15.3 Å². The average Bonchev–Trinajstić information content (AvgIpc) is 2.35. The third kappa shape index (κ3) is 6.47. The molecule has 112 valence electrons. The van der Waals surface area contributed by atoms with Crippen LogP contribution >= 0.6 is 0 Å². The van der Waals surface area contributed by atoms with Gasteiger partial charge in [-0.25, -0.2) is 0 Å². The van der Waals surface area contributed by atoms with Gasteiger partial charge in [0, 0.05) is 26.3 Å². The van der Waals surface area contributed by atoms with E-state index < -0.39 is 18.4 Å². The molecule has 0 saturated heterocycles. The molecule has 4 N–H and O–H groups in total. The number of hydrogen-bond donors (Lipinski definition) is 4. The molecule has 20 heavy (non-hydrogen) atoms. The van der Waals surface area contributed by atoms with Gasteiger partial charge in [-0.1, -0.05) is 36.9 Å². The lowest BCUT2D eigenvalue weighted by Gasteiger charge is -2.31. The van der Waals surface area contributed by atoms with Crippen molar-refractivity contribution in [2.75, 3.05) is 0 Å². The molecule has 3 unspecified atom stereocenters. The SMILES string of the molecule is C=CC(c1ccccc1)[NH+](C(C)O)C(C)O.CC(=O)O. The van der Waals surface area contributed by atoms with Gasteiger partial charge in [0.05, 0.1) is 0 Å². The Morgan fingerprint density at radius 1 is 1.20 bits per heavy atom. The van der Waals surface area contributed by atoms with E-state index in [9.17, 15) is 10.2 Å². The summed E-state index contributed by atoms with van der Waals surface area (Å²) in [5, 5.41) is 26.8. The predicted molar refractivity (Wildman–Crippen MR) is 77.0 cm³/mol. The van der Waals surface area contributed by atoms with Gasteiger partial charge in [-0.3, -0.25) is 9.69 Å². The maximum Gasteiger partial charge on any atom is 0.300 e. The highest BCUT2D eigenvalue weighted by Gasteiger charge is 2.28. The van der Waals surface area contributed by atoms with E-state index in [0.29, 0.717) is 4.90 Å². The van der Waals surface area contributed by atoms with Crippen LogP contribution in [-0.2, 0) is 4.79 Å². The zero-order valence-corrected chi connectivity index (χ0v) is 12.2. The molecule has 1 aromatic rings. The molecule has 0 bridgehead atoms. The highest BCUT2D eigenvalue weighted by Crippen LogP contribution is 2.10. The third-order valence-corrected chi connectivity index (χ3v) is 2.72. The second kappa shape index (κ2) is 9.25. The number of carboxylic acid groups (broad SMARTS) is 1. The maximum absolute atomic E-state index is 9.70. The smallest absolute Gasteiger partial charge is 0.300 e. The highest BCUT2D eigenvalue weighted by molar-refractivity contribution is 5.62. The number of quaternary nitrogens is 1. The summed E-state index contributed by atoms with van der Waals surface area (Å²) in [4.78, 5) is 9.68. The Morgan fingerprint density at radius 2 is 1.60 bits per heavy atom. The van der Waals surface area contributed by atoms with Gasteiger partial charge in [-0.05, 0) is 6.08 Å². The molecular formula is C15H24NO4+.